The van der Waals surface area contributed by atoms with Gasteiger partial charge in [0, 0.05) is 58.4 Å². The first-order chi connectivity index (χ1) is 15.4. The topological polar surface area (TPSA) is 71.3 Å². The zero-order valence-electron chi connectivity index (χ0n) is 18.9. The summed E-state index contributed by atoms with van der Waals surface area (Å²) >= 11 is 0. The molecule has 1 aliphatic rings. The van der Waals surface area contributed by atoms with Gasteiger partial charge in [-0.05, 0) is 42.5 Å². The average Bonchev–Trinajstić information content (AvgIpc) is 3.25. The molecular formula is C25H29N5O2. The molecular weight excluding hydrogens is 402 g/mol. The van der Waals surface area contributed by atoms with Crippen molar-refractivity contribution in [3.05, 3.63) is 72.3 Å². The molecule has 166 valence electrons. The normalized spacial score (nSPS) is 18.4. The van der Waals surface area contributed by atoms with Gasteiger partial charge in [-0.25, -0.2) is 0 Å². The molecule has 7 heteroatoms. The van der Waals surface area contributed by atoms with Crippen molar-refractivity contribution in [3.63, 3.8) is 0 Å². The fraction of sp³-hybridized carbons (Fsp3) is 0.360. The highest BCUT2D eigenvalue weighted by Crippen LogP contribution is 2.38. The number of amides is 2. The lowest BCUT2D eigenvalue weighted by molar-refractivity contribution is -0.142. The van der Waals surface area contributed by atoms with Gasteiger partial charge in [-0.15, -0.1) is 0 Å². The van der Waals surface area contributed by atoms with E-state index in [0.717, 1.165) is 29.5 Å². The third kappa shape index (κ3) is 4.28. The van der Waals surface area contributed by atoms with E-state index in [1.54, 1.807) is 54.1 Å². The lowest BCUT2D eigenvalue weighted by Gasteiger charge is -2.43. The van der Waals surface area contributed by atoms with E-state index in [-0.39, 0.29) is 11.8 Å². The van der Waals surface area contributed by atoms with Crippen LogP contribution >= 0.6 is 0 Å². The zero-order valence-corrected chi connectivity index (χ0v) is 18.9. The van der Waals surface area contributed by atoms with Crippen LogP contribution in [-0.2, 0) is 18.3 Å². The molecule has 4 rings (SSSR count). The first-order valence-corrected chi connectivity index (χ1v) is 10.9. The van der Waals surface area contributed by atoms with Crippen LogP contribution in [0.1, 0.15) is 28.9 Å². The van der Waals surface area contributed by atoms with Crippen molar-refractivity contribution < 1.29 is 9.59 Å². The minimum Gasteiger partial charge on any atom is -0.348 e. The standard InChI is InChI=1S/C25H29N5O2/c1-28(2)24(32)25(12-7-14-30(18-25)23(31)22-11-15-29(3)27-22)16-19-8-4-5-10-21(19)20-9-6-13-26-17-20/h4-6,8-11,13,15,17H,7,12,14,16,18H2,1-3H3/t25-/m0/s1. The molecule has 32 heavy (non-hydrogen) atoms. The summed E-state index contributed by atoms with van der Waals surface area (Å²) in [5, 5.41) is 4.27. The second-order valence-corrected chi connectivity index (χ2v) is 8.76. The number of rotatable bonds is 5. The third-order valence-corrected chi connectivity index (χ3v) is 6.18. The quantitative estimate of drug-likeness (QED) is 0.623. The number of hydrogen-bond acceptors (Lipinski definition) is 4. The van der Waals surface area contributed by atoms with Crippen molar-refractivity contribution in [1.82, 2.24) is 24.6 Å². The van der Waals surface area contributed by atoms with Gasteiger partial charge in [0.1, 0.15) is 5.69 Å². The van der Waals surface area contributed by atoms with Crippen LogP contribution in [0.5, 0.6) is 0 Å². The number of aryl methyl sites for hydroxylation is 1. The SMILES string of the molecule is CN(C)C(=O)[C@]1(Cc2ccccc2-c2cccnc2)CCCN(C(=O)c2ccn(C)n2)C1. The van der Waals surface area contributed by atoms with Crippen LogP contribution in [0.25, 0.3) is 11.1 Å². The molecule has 7 nitrogen and oxygen atoms in total. The average molecular weight is 432 g/mol. The highest BCUT2D eigenvalue weighted by molar-refractivity contribution is 5.93. The molecule has 1 aliphatic heterocycles. The molecule has 0 bridgehead atoms. The molecule has 0 radical (unpaired) electrons. The number of likely N-dealkylation sites (tertiary alicyclic amines) is 1. The minimum atomic E-state index is -0.690. The first-order valence-electron chi connectivity index (χ1n) is 10.9. The molecule has 2 amide bonds. The van der Waals surface area contributed by atoms with Crippen LogP contribution in [0.15, 0.2) is 61.1 Å². The van der Waals surface area contributed by atoms with Crippen LogP contribution < -0.4 is 0 Å². The Bertz CT molecular complexity index is 1110. The zero-order chi connectivity index (χ0) is 22.7. The second kappa shape index (κ2) is 8.94. The molecule has 3 heterocycles. The Balaban J connectivity index is 1.69. The van der Waals surface area contributed by atoms with E-state index >= 15 is 0 Å². The van der Waals surface area contributed by atoms with E-state index in [1.165, 1.54) is 0 Å². The summed E-state index contributed by atoms with van der Waals surface area (Å²) in [6.45, 7) is 1.00. The van der Waals surface area contributed by atoms with Crippen molar-refractivity contribution in [2.45, 2.75) is 19.3 Å². The van der Waals surface area contributed by atoms with Gasteiger partial charge in [0.25, 0.3) is 5.91 Å². The van der Waals surface area contributed by atoms with Gasteiger partial charge in [0.05, 0.1) is 5.41 Å². The molecule has 3 aromatic rings. The number of benzene rings is 1. The van der Waals surface area contributed by atoms with Gasteiger partial charge in [-0.1, -0.05) is 30.3 Å². The van der Waals surface area contributed by atoms with Gasteiger partial charge >= 0.3 is 0 Å². The predicted octanol–water partition coefficient (Wildman–Crippen LogP) is 3.04. The largest absolute Gasteiger partial charge is 0.348 e. The fourth-order valence-electron chi connectivity index (χ4n) is 4.71. The molecule has 1 atom stereocenters. The minimum absolute atomic E-state index is 0.0528. The smallest absolute Gasteiger partial charge is 0.274 e. The maximum absolute atomic E-state index is 13.5. The molecule has 2 aromatic heterocycles. The maximum atomic E-state index is 13.5. The molecule has 1 saturated heterocycles. The van der Waals surface area contributed by atoms with E-state index in [2.05, 4.69) is 22.2 Å². The summed E-state index contributed by atoms with van der Waals surface area (Å²) < 4.78 is 1.62. The third-order valence-electron chi connectivity index (χ3n) is 6.18. The van der Waals surface area contributed by atoms with Crippen molar-refractivity contribution >= 4 is 11.8 Å². The molecule has 0 saturated carbocycles. The van der Waals surface area contributed by atoms with Gasteiger partial charge in [-0.2, -0.15) is 5.10 Å². The highest BCUT2D eigenvalue weighted by Gasteiger charge is 2.45. The predicted molar refractivity (Wildman–Crippen MR) is 123 cm³/mol. The number of carbonyl (C=O) groups is 2. The summed E-state index contributed by atoms with van der Waals surface area (Å²) in [5.74, 6) is -0.0706. The van der Waals surface area contributed by atoms with E-state index in [1.807, 2.05) is 30.5 Å². The number of nitrogens with zero attached hydrogens (tertiary/aromatic N) is 5. The molecule has 1 fully saturated rings. The molecule has 0 N–H and O–H groups in total. The lowest BCUT2D eigenvalue weighted by Crippen LogP contribution is -2.54. The first kappa shape index (κ1) is 21.7. The van der Waals surface area contributed by atoms with Gasteiger partial charge in [-0.3, -0.25) is 19.3 Å². The van der Waals surface area contributed by atoms with Crippen molar-refractivity contribution in [2.75, 3.05) is 27.2 Å². The Labute approximate surface area is 188 Å². The van der Waals surface area contributed by atoms with Gasteiger partial charge in [0.2, 0.25) is 5.91 Å². The van der Waals surface area contributed by atoms with E-state index in [4.69, 9.17) is 0 Å². The maximum Gasteiger partial charge on any atom is 0.274 e. The number of pyridine rings is 1. The van der Waals surface area contributed by atoms with Gasteiger partial charge < -0.3 is 9.80 Å². The van der Waals surface area contributed by atoms with Crippen LogP contribution in [0.3, 0.4) is 0 Å². The van der Waals surface area contributed by atoms with Crippen LogP contribution in [0, 0.1) is 5.41 Å². The van der Waals surface area contributed by atoms with Crippen LogP contribution in [0.4, 0.5) is 0 Å². The van der Waals surface area contributed by atoms with Crippen molar-refractivity contribution in [2.24, 2.45) is 12.5 Å². The monoisotopic (exact) mass is 431 g/mol. The number of aromatic nitrogens is 3. The van der Waals surface area contributed by atoms with Crippen LogP contribution in [-0.4, -0.2) is 63.6 Å². The van der Waals surface area contributed by atoms with E-state index < -0.39 is 5.41 Å². The number of carbonyl (C=O) groups excluding carboxylic acids is 2. The molecule has 0 unspecified atom stereocenters. The summed E-state index contributed by atoms with van der Waals surface area (Å²) in [4.78, 5) is 34.4. The Morgan fingerprint density at radius 1 is 1.12 bits per heavy atom. The van der Waals surface area contributed by atoms with Crippen LogP contribution in [0.2, 0.25) is 0 Å². The fourth-order valence-corrected chi connectivity index (χ4v) is 4.71. The summed E-state index contributed by atoms with van der Waals surface area (Å²) in [7, 11) is 5.37. The molecule has 0 spiro atoms. The second-order valence-electron chi connectivity index (χ2n) is 8.76. The van der Waals surface area contributed by atoms with E-state index in [0.29, 0.717) is 25.2 Å². The Morgan fingerprint density at radius 2 is 1.94 bits per heavy atom. The van der Waals surface area contributed by atoms with Gasteiger partial charge in [0.15, 0.2) is 0 Å². The van der Waals surface area contributed by atoms with E-state index in [9.17, 15) is 9.59 Å². The van der Waals surface area contributed by atoms with Crippen molar-refractivity contribution in [3.8, 4) is 11.1 Å². The highest BCUT2D eigenvalue weighted by atomic mass is 16.2. The summed E-state index contributed by atoms with van der Waals surface area (Å²) in [6, 6.07) is 13.8. The summed E-state index contributed by atoms with van der Waals surface area (Å²) in [6.07, 6.45) is 7.42. The van der Waals surface area contributed by atoms with Crippen molar-refractivity contribution in [1.29, 1.82) is 0 Å². The summed E-state index contributed by atoms with van der Waals surface area (Å²) in [5.41, 5.74) is 2.90. The number of piperidine rings is 1. The Morgan fingerprint density at radius 3 is 2.62 bits per heavy atom. The Hall–Kier alpha value is -3.48. The number of hydrogen-bond donors (Lipinski definition) is 0. The molecule has 0 aliphatic carbocycles. The Kier molecular flexibility index (Phi) is 6.08. The lowest BCUT2D eigenvalue weighted by atomic mass is 9.73. The molecule has 1 aromatic carbocycles.